The highest BCUT2D eigenvalue weighted by molar-refractivity contribution is 14.0. The van der Waals surface area contributed by atoms with Gasteiger partial charge in [-0.25, -0.2) is 4.99 Å². The van der Waals surface area contributed by atoms with Gasteiger partial charge in [-0.1, -0.05) is 18.2 Å². The van der Waals surface area contributed by atoms with E-state index >= 15 is 0 Å². The van der Waals surface area contributed by atoms with Crippen molar-refractivity contribution in [3.05, 3.63) is 59.9 Å². The van der Waals surface area contributed by atoms with Crippen molar-refractivity contribution in [3.8, 4) is 5.75 Å². The topological polar surface area (TPSA) is 61.8 Å². The normalized spacial score (nSPS) is 11.1. The van der Waals surface area contributed by atoms with Gasteiger partial charge in [0.25, 0.3) is 0 Å². The fourth-order valence-electron chi connectivity index (χ4n) is 2.45. The minimum absolute atomic E-state index is 0. The molecule has 0 aliphatic heterocycles. The molecule has 6 nitrogen and oxygen atoms in total. The molecule has 2 N–H and O–H groups in total. The number of rotatable bonds is 10. The molecule has 2 aromatic rings. The summed E-state index contributed by atoms with van der Waals surface area (Å²) in [5.41, 5.74) is 2.20. The highest BCUT2D eigenvalue weighted by Crippen LogP contribution is 2.14. The molecule has 0 saturated heterocycles. The Kier molecular flexibility index (Phi) is 12.2. The minimum atomic E-state index is 0. The first-order valence-electron chi connectivity index (χ1n) is 9.46. The van der Waals surface area contributed by atoms with Gasteiger partial charge in [0, 0.05) is 37.9 Å². The maximum Gasteiger partial charge on any atom is 0.191 e. The van der Waals surface area contributed by atoms with Crippen molar-refractivity contribution >= 4 is 29.9 Å². The van der Waals surface area contributed by atoms with E-state index in [-0.39, 0.29) is 24.0 Å². The third-order valence-electron chi connectivity index (χ3n) is 3.87. The van der Waals surface area contributed by atoms with E-state index in [4.69, 9.17) is 4.74 Å². The molecular weight excluding hydrogens is 465 g/mol. The van der Waals surface area contributed by atoms with Crippen LogP contribution >= 0.6 is 24.0 Å². The number of halogens is 1. The summed E-state index contributed by atoms with van der Waals surface area (Å²) in [7, 11) is 4.08. The Labute approximate surface area is 185 Å². The van der Waals surface area contributed by atoms with E-state index in [2.05, 4.69) is 44.6 Å². The SMILES string of the molecule is CCNC(=NCc1cccc(OCCN(C)C)c1)NCCc1ccccn1.I. The second-order valence-electron chi connectivity index (χ2n) is 6.49. The molecule has 0 radical (unpaired) electrons. The summed E-state index contributed by atoms with van der Waals surface area (Å²) < 4.78 is 5.80. The van der Waals surface area contributed by atoms with Gasteiger partial charge < -0.3 is 20.3 Å². The van der Waals surface area contributed by atoms with E-state index < -0.39 is 0 Å². The van der Waals surface area contributed by atoms with Crippen LogP contribution in [0.15, 0.2) is 53.7 Å². The number of nitrogens with one attached hydrogen (secondary N) is 2. The van der Waals surface area contributed by atoms with Gasteiger partial charge >= 0.3 is 0 Å². The van der Waals surface area contributed by atoms with E-state index in [1.165, 1.54) is 0 Å². The first kappa shape index (κ1) is 24.2. The first-order valence-corrected chi connectivity index (χ1v) is 9.46. The number of hydrogen-bond acceptors (Lipinski definition) is 4. The Balaban J connectivity index is 0.00000392. The van der Waals surface area contributed by atoms with Gasteiger partial charge in [0.2, 0.25) is 0 Å². The molecule has 7 heteroatoms. The summed E-state index contributed by atoms with van der Waals surface area (Å²) in [6.45, 7) is 5.85. The lowest BCUT2D eigenvalue weighted by atomic mass is 10.2. The van der Waals surface area contributed by atoms with E-state index in [9.17, 15) is 0 Å². The molecule has 154 valence electrons. The van der Waals surface area contributed by atoms with Gasteiger partial charge in [0.1, 0.15) is 12.4 Å². The van der Waals surface area contributed by atoms with Gasteiger partial charge in [-0.15, -0.1) is 24.0 Å². The number of aromatic nitrogens is 1. The summed E-state index contributed by atoms with van der Waals surface area (Å²) in [4.78, 5) is 11.1. The lowest BCUT2D eigenvalue weighted by Crippen LogP contribution is -2.38. The van der Waals surface area contributed by atoms with Crippen LogP contribution < -0.4 is 15.4 Å². The summed E-state index contributed by atoms with van der Waals surface area (Å²) in [5.74, 6) is 1.70. The zero-order valence-corrected chi connectivity index (χ0v) is 19.3. The number of pyridine rings is 1. The third-order valence-corrected chi connectivity index (χ3v) is 3.87. The molecule has 0 atom stereocenters. The van der Waals surface area contributed by atoms with Gasteiger partial charge in [-0.3, -0.25) is 4.98 Å². The zero-order chi connectivity index (χ0) is 19.3. The van der Waals surface area contributed by atoms with Crippen LogP contribution in [0.1, 0.15) is 18.2 Å². The Morgan fingerprint density at radius 2 is 2.00 bits per heavy atom. The van der Waals surface area contributed by atoms with E-state index in [1.807, 2.05) is 50.6 Å². The minimum Gasteiger partial charge on any atom is -0.492 e. The molecule has 0 amide bonds. The molecule has 0 bridgehead atoms. The van der Waals surface area contributed by atoms with Crippen molar-refractivity contribution in [1.29, 1.82) is 0 Å². The summed E-state index contributed by atoms with van der Waals surface area (Å²) in [5, 5.41) is 6.65. The molecule has 0 spiro atoms. The molecule has 28 heavy (non-hydrogen) atoms. The third kappa shape index (κ3) is 9.89. The van der Waals surface area contributed by atoms with Gasteiger partial charge in [0.05, 0.1) is 6.54 Å². The van der Waals surface area contributed by atoms with E-state index in [1.54, 1.807) is 0 Å². The quantitative estimate of drug-likeness (QED) is 0.300. The molecule has 0 fully saturated rings. The maximum absolute atomic E-state index is 5.80. The maximum atomic E-state index is 5.80. The largest absolute Gasteiger partial charge is 0.492 e. The summed E-state index contributed by atoms with van der Waals surface area (Å²) in [6.07, 6.45) is 2.68. The van der Waals surface area contributed by atoms with Gasteiger partial charge in [-0.05, 0) is 50.8 Å². The predicted molar refractivity (Wildman–Crippen MR) is 127 cm³/mol. The molecule has 2 rings (SSSR count). The van der Waals surface area contributed by atoms with Crippen LogP contribution in [-0.4, -0.2) is 56.2 Å². The van der Waals surface area contributed by atoms with Gasteiger partial charge in [-0.2, -0.15) is 0 Å². The van der Waals surface area contributed by atoms with Crippen molar-refractivity contribution < 1.29 is 4.74 Å². The number of benzene rings is 1. The number of likely N-dealkylation sites (N-methyl/N-ethyl adjacent to an activating group) is 1. The van der Waals surface area contributed by atoms with Crippen LogP contribution in [0, 0.1) is 0 Å². The standard InChI is InChI=1S/C21H31N5O.HI/c1-4-22-21(24-13-11-19-9-5-6-12-23-19)25-17-18-8-7-10-20(16-18)27-15-14-26(2)3;/h5-10,12,16H,4,11,13-15,17H2,1-3H3,(H2,22,24,25);1H. The fourth-order valence-corrected chi connectivity index (χ4v) is 2.45. The van der Waals surface area contributed by atoms with Crippen LogP contribution in [-0.2, 0) is 13.0 Å². The molecule has 0 aliphatic rings. The molecule has 1 heterocycles. The van der Waals surface area contributed by atoms with Crippen LogP contribution in [0.3, 0.4) is 0 Å². The lowest BCUT2D eigenvalue weighted by molar-refractivity contribution is 0.261. The summed E-state index contributed by atoms with van der Waals surface area (Å²) >= 11 is 0. The van der Waals surface area contributed by atoms with Crippen molar-refractivity contribution in [2.45, 2.75) is 19.9 Å². The Morgan fingerprint density at radius 3 is 2.71 bits per heavy atom. The highest BCUT2D eigenvalue weighted by Gasteiger charge is 2.01. The lowest BCUT2D eigenvalue weighted by Gasteiger charge is -2.12. The number of guanidine groups is 1. The highest BCUT2D eigenvalue weighted by atomic mass is 127. The molecule has 0 saturated carbocycles. The van der Waals surface area contributed by atoms with Crippen LogP contribution in [0.5, 0.6) is 5.75 Å². The zero-order valence-electron chi connectivity index (χ0n) is 17.0. The van der Waals surface area contributed by atoms with E-state index in [0.717, 1.165) is 49.0 Å². The van der Waals surface area contributed by atoms with Crippen molar-refractivity contribution in [2.24, 2.45) is 4.99 Å². The van der Waals surface area contributed by atoms with Crippen molar-refractivity contribution in [1.82, 2.24) is 20.5 Å². The number of hydrogen-bond donors (Lipinski definition) is 2. The van der Waals surface area contributed by atoms with E-state index in [0.29, 0.717) is 13.2 Å². The second kappa shape index (κ2) is 14.2. The molecule has 0 aliphatic carbocycles. The molecular formula is C21H32IN5O. The van der Waals surface area contributed by atoms with Crippen LogP contribution in [0.25, 0.3) is 0 Å². The number of ether oxygens (including phenoxy) is 1. The average molecular weight is 497 g/mol. The summed E-state index contributed by atoms with van der Waals surface area (Å²) in [6, 6.07) is 14.1. The number of nitrogens with zero attached hydrogens (tertiary/aromatic N) is 3. The van der Waals surface area contributed by atoms with Crippen LogP contribution in [0.4, 0.5) is 0 Å². The van der Waals surface area contributed by atoms with Crippen molar-refractivity contribution in [3.63, 3.8) is 0 Å². The first-order chi connectivity index (χ1) is 13.2. The predicted octanol–water partition coefficient (Wildman–Crippen LogP) is 2.94. The molecule has 1 aromatic carbocycles. The molecule has 0 unspecified atom stereocenters. The second-order valence-corrected chi connectivity index (χ2v) is 6.49. The van der Waals surface area contributed by atoms with Crippen molar-refractivity contribution in [2.75, 3.05) is 40.3 Å². The monoisotopic (exact) mass is 497 g/mol. The molecule has 1 aromatic heterocycles. The Hall–Kier alpha value is -1.87. The number of aliphatic imine (C=N–C) groups is 1. The average Bonchev–Trinajstić information content (AvgIpc) is 2.67. The smallest absolute Gasteiger partial charge is 0.191 e. The van der Waals surface area contributed by atoms with Crippen LogP contribution in [0.2, 0.25) is 0 Å². The van der Waals surface area contributed by atoms with Gasteiger partial charge in [0.15, 0.2) is 5.96 Å². The Morgan fingerprint density at radius 1 is 1.14 bits per heavy atom. The Bertz CT molecular complexity index is 694. The fraction of sp³-hybridized carbons (Fsp3) is 0.429.